The number of hydrogen-bond donors (Lipinski definition) is 3. The number of halogens is 4. The number of phenols is 1. The Bertz CT molecular complexity index is 1140. The van der Waals surface area contributed by atoms with Crippen LogP contribution >= 0.6 is 48.9 Å². The predicted octanol–water partition coefficient (Wildman–Crippen LogP) is 7.88. The first-order valence-electron chi connectivity index (χ1n) is 16.0. The van der Waals surface area contributed by atoms with Crippen LogP contribution in [0, 0.1) is 0 Å². The number of aliphatic hydroxyl groups excluding tert-OH is 2. The molecule has 53 heavy (non-hydrogen) atoms. The van der Waals surface area contributed by atoms with E-state index in [-0.39, 0.29) is 44.3 Å². The zero-order chi connectivity index (χ0) is 41.5. The highest BCUT2D eigenvalue weighted by Gasteiger charge is 2.02. The van der Waals surface area contributed by atoms with Gasteiger partial charge in [0.1, 0.15) is 22.6 Å². The summed E-state index contributed by atoms with van der Waals surface area (Å²) in [7, 11) is 7.36. The van der Waals surface area contributed by atoms with E-state index in [1.54, 1.807) is 83.1 Å². The van der Waals surface area contributed by atoms with Crippen LogP contribution in [0.1, 0.15) is 41.5 Å². The third-order valence-electron chi connectivity index (χ3n) is 3.98. The van der Waals surface area contributed by atoms with Gasteiger partial charge in [-0.25, -0.2) is 13.8 Å². The number of alkyl halides is 2. The van der Waals surface area contributed by atoms with Crippen molar-refractivity contribution in [1.29, 1.82) is 0 Å². The Morgan fingerprint density at radius 1 is 0.604 bits per heavy atom. The molecule has 0 aliphatic heterocycles. The Kier molecular flexibility index (Phi) is 56.9. The van der Waals surface area contributed by atoms with Crippen LogP contribution in [0.15, 0.2) is 91.0 Å². The number of aromatic hydroxyl groups is 1. The molecule has 0 unspecified atom stereocenters. The molecule has 0 radical (unpaired) electrons. The van der Waals surface area contributed by atoms with Crippen molar-refractivity contribution >= 4 is 76.0 Å². The average molecular weight is 897 g/mol. The highest BCUT2D eigenvalue weighted by molar-refractivity contribution is 9.09. The van der Waals surface area contributed by atoms with Gasteiger partial charge in [0.15, 0.2) is 13.2 Å². The minimum Gasteiger partial charge on any atom is -0.508 e. The fraction of sp³-hybridized carbons (Fsp3) is 0.417. The number of esters is 3. The fourth-order valence-corrected chi connectivity index (χ4v) is 2.51. The van der Waals surface area contributed by atoms with Gasteiger partial charge in [-0.3, -0.25) is 4.79 Å². The maximum atomic E-state index is 10.9. The average Bonchev–Trinajstić information content (AvgIpc) is 3.13. The van der Waals surface area contributed by atoms with Crippen LogP contribution in [0.4, 0.5) is 0 Å². The molecule has 0 heterocycles. The van der Waals surface area contributed by atoms with E-state index in [1.807, 2.05) is 49.4 Å². The van der Waals surface area contributed by atoms with Crippen LogP contribution in [0.2, 0.25) is 0 Å². The first kappa shape index (κ1) is 59.2. The summed E-state index contributed by atoms with van der Waals surface area (Å²) in [5, 5.41) is 24.1. The van der Waals surface area contributed by atoms with Crippen molar-refractivity contribution in [2.75, 3.05) is 57.5 Å². The van der Waals surface area contributed by atoms with E-state index in [2.05, 4.69) is 42.0 Å². The number of carbonyl (C=O) groups excluding carboxylic acids is 3. The van der Waals surface area contributed by atoms with E-state index < -0.39 is 9.23 Å². The molecule has 0 atom stereocenters. The lowest BCUT2D eigenvalue weighted by molar-refractivity contribution is -0.146. The first-order valence-corrected chi connectivity index (χ1v) is 20.4. The number of ether oxygens (including phenoxy) is 5. The van der Waals surface area contributed by atoms with Crippen molar-refractivity contribution in [1.82, 2.24) is 0 Å². The Hall–Kier alpha value is -3.11. The number of phenolic OH excluding ortho intramolecular Hbond substituents is 1. The molecule has 3 rings (SSSR count). The van der Waals surface area contributed by atoms with Crippen LogP contribution in [-0.4, -0.2) is 94.9 Å². The SMILES string of the molecule is CCCl.CCO.CCO.CCOC(=O)CBr.CCOC(=O)COc1ccccc1.CCOC(=O)COc1ccccc1.O=S(Cl)Cl.Oc1ccccc1. The number of aliphatic hydroxyl groups is 2. The molecule has 0 fully saturated rings. The summed E-state index contributed by atoms with van der Waals surface area (Å²) in [5.41, 5.74) is 0. The second-order valence-corrected chi connectivity index (χ2v) is 11.8. The lowest BCUT2D eigenvalue weighted by Crippen LogP contribution is -2.14. The maximum Gasteiger partial charge on any atom is 0.344 e. The smallest absolute Gasteiger partial charge is 0.344 e. The number of rotatable bonds is 10. The van der Waals surface area contributed by atoms with Gasteiger partial charge >= 0.3 is 17.9 Å². The van der Waals surface area contributed by atoms with Crippen LogP contribution in [0.3, 0.4) is 0 Å². The summed E-state index contributed by atoms with van der Waals surface area (Å²) in [6, 6.07) is 27.0. The molecule has 0 saturated heterocycles. The quantitative estimate of drug-likeness (QED) is 0.0779. The van der Waals surface area contributed by atoms with Crippen LogP contribution in [0.25, 0.3) is 0 Å². The molecule has 3 N–H and O–H groups in total. The molecule has 0 aliphatic carbocycles. The van der Waals surface area contributed by atoms with Gasteiger partial charge < -0.3 is 39.0 Å². The molecule has 17 heteroatoms. The van der Waals surface area contributed by atoms with Crippen LogP contribution in [-0.2, 0) is 37.8 Å². The third-order valence-corrected chi connectivity index (χ3v) is 4.44. The molecule has 0 bridgehead atoms. The highest BCUT2D eigenvalue weighted by Crippen LogP contribution is 2.08. The van der Waals surface area contributed by atoms with E-state index >= 15 is 0 Å². The number of para-hydroxylation sites is 3. The van der Waals surface area contributed by atoms with Crippen LogP contribution in [0.5, 0.6) is 17.2 Å². The molecule has 0 spiro atoms. The van der Waals surface area contributed by atoms with E-state index in [4.69, 9.17) is 50.1 Å². The molecule has 0 aromatic heterocycles. The first-order chi connectivity index (χ1) is 25.3. The molecule has 0 aliphatic rings. The van der Waals surface area contributed by atoms with Gasteiger partial charge in [-0.15, -0.1) is 11.6 Å². The van der Waals surface area contributed by atoms with E-state index in [9.17, 15) is 14.4 Å². The monoisotopic (exact) mass is 894 g/mol. The molecule has 3 aromatic carbocycles. The van der Waals surface area contributed by atoms with Gasteiger partial charge in [0, 0.05) is 40.5 Å². The van der Waals surface area contributed by atoms with Gasteiger partial charge in [-0.2, -0.15) is 0 Å². The summed E-state index contributed by atoms with van der Waals surface area (Å²) in [5.74, 6) is 1.51. The number of carbonyl (C=O) groups is 3. The van der Waals surface area contributed by atoms with E-state index in [1.165, 1.54) is 0 Å². The largest absolute Gasteiger partial charge is 0.508 e. The van der Waals surface area contributed by atoms with Crippen molar-refractivity contribution in [2.24, 2.45) is 0 Å². The van der Waals surface area contributed by atoms with Crippen molar-refractivity contribution in [3.63, 3.8) is 0 Å². The molecule has 0 amide bonds. The van der Waals surface area contributed by atoms with Gasteiger partial charge in [0.25, 0.3) is 0 Å². The van der Waals surface area contributed by atoms with Gasteiger partial charge in [-0.05, 0) is 71.0 Å². The van der Waals surface area contributed by atoms with Crippen molar-refractivity contribution in [3.05, 3.63) is 91.0 Å². The molecule has 12 nitrogen and oxygen atoms in total. The summed E-state index contributed by atoms with van der Waals surface area (Å²) >= 11 is 7.94. The lowest BCUT2D eigenvalue weighted by atomic mass is 10.3. The minimum atomic E-state index is -1.67. The predicted molar refractivity (Wildman–Crippen MR) is 217 cm³/mol. The zero-order valence-corrected chi connectivity index (χ0v) is 35.6. The summed E-state index contributed by atoms with van der Waals surface area (Å²) in [6.45, 7) is 12.2. The number of benzene rings is 3. The van der Waals surface area contributed by atoms with E-state index in [0.29, 0.717) is 42.4 Å². The van der Waals surface area contributed by atoms with Gasteiger partial charge in [0.05, 0.1) is 19.8 Å². The fourth-order valence-electron chi connectivity index (χ4n) is 2.35. The van der Waals surface area contributed by atoms with Gasteiger partial charge in [0.2, 0.25) is 9.23 Å². The summed E-state index contributed by atoms with van der Waals surface area (Å²) in [6.07, 6.45) is 0. The normalized spacial score (nSPS) is 8.47. The van der Waals surface area contributed by atoms with E-state index in [0.717, 1.165) is 5.88 Å². The standard InChI is InChI=1S/2C10H12O3.C6H6O.C4H7BrO2.C2H5Cl.2C2H6O.Cl2OS/c2*1-2-12-10(11)8-13-9-6-4-3-5-7-9;7-6-4-2-1-3-5-6;1-2-7-4(6)3-5;3*1-2-3;1-4(2)3/h2*3-7H,2,8H2,1H3;1-5,7H;2-3H2,1H3;2H2,1H3;2*3H,2H2,1H3;. The Balaban J connectivity index is -0.000000178. The highest BCUT2D eigenvalue weighted by atomic mass is 79.9. The van der Waals surface area contributed by atoms with Crippen molar-refractivity contribution in [3.8, 4) is 17.2 Å². The Morgan fingerprint density at radius 3 is 1.04 bits per heavy atom. The molecular weight excluding hydrogens is 843 g/mol. The second kappa shape index (κ2) is 51.0. The van der Waals surface area contributed by atoms with Crippen molar-refractivity contribution in [2.45, 2.75) is 41.5 Å². The molecule has 0 saturated carbocycles. The number of hydrogen-bond acceptors (Lipinski definition) is 12. The van der Waals surface area contributed by atoms with Crippen molar-refractivity contribution < 1.29 is 57.6 Å². The molecule has 3 aromatic rings. The molecule has 304 valence electrons. The molecular formula is C36H54BrCl3O12S. The second-order valence-electron chi connectivity index (χ2n) is 8.17. The summed E-state index contributed by atoms with van der Waals surface area (Å²) < 4.78 is 33.3. The Labute approximate surface area is 339 Å². The van der Waals surface area contributed by atoms with Gasteiger partial charge in [-0.1, -0.05) is 77.5 Å². The lowest BCUT2D eigenvalue weighted by Gasteiger charge is -2.04. The third kappa shape index (κ3) is 61.3. The summed E-state index contributed by atoms with van der Waals surface area (Å²) in [4.78, 5) is 31.9. The van der Waals surface area contributed by atoms with Crippen LogP contribution < -0.4 is 9.47 Å². The maximum absolute atomic E-state index is 10.9. The Morgan fingerprint density at radius 2 is 0.849 bits per heavy atom. The zero-order valence-electron chi connectivity index (χ0n) is 31.0. The topological polar surface area (TPSA) is 175 Å². The minimum absolute atomic E-state index is 0.0299.